The Morgan fingerprint density at radius 3 is 2.50 bits per heavy atom. The van der Waals surface area contributed by atoms with Gasteiger partial charge in [-0.2, -0.15) is 9.40 Å². The van der Waals surface area contributed by atoms with Gasteiger partial charge < -0.3 is 14.4 Å². The van der Waals surface area contributed by atoms with E-state index in [9.17, 15) is 4.55 Å². The molecule has 2 aliphatic rings. The van der Waals surface area contributed by atoms with Gasteiger partial charge in [-0.25, -0.2) is 0 Å². The maximum atomic E-state index is 13.7. The van der Waals surface area contributed by atoms with E-state index in [-0.39, 0.29) is 0 Å². The summed E-state index contributed by atoms with van der Waals surface area (Å²) in [5, 5.41) is 4.72. The molecule has 190 valence electrons. The van der Waals surface area contributed by atoms with Crippen molar-refractivity contribution in [1.29, 1.82) is 0 Å². The predicted molar refractivity (Wildman–Crippen MR) is 145 cm³/mol. The Balaban J connectivity index is 1.66. The summed E-state index contributed by atoms with van der Waals surface area (Å²) in [7, 11) is 6.12. The van der Waals surface area contributed by atoms with Crippen LogP contribution >= 0.6 is 0 Å². The topological polar surface area (TPSA) is 50.6 Å². The Bertz CT molecular complexity index is 880. The van der Waals surface area contributed by atoms with E-state index in [2.05, 4.69) is 61.9 Å². The third-order valence-electron chi connectivity index (χ3n) is 6.90. The fraction of sp³-hybridized carbons (Fsp3) is 0.667. The van der Waals surface area contributed by atoms with Crippen molar-refractivity contribution in [3.05, 3.63) is 46.2 Å². The molecule has 0 saturated carbocycles. The zero-order valence-corrected chi connectivity index (χ0v) is 23.0. The minimum atomic E-state index is -1.26. The van der Waals surface area contributed by atoms with Gasteiger partial charge in [-0.1, -0.05) is 31.6 Å². The minimum Gasteiger partial charge on any atom is -0.588 e. The predicted octanol–water partition coefficient (Wildman–Crippen LogP) is 4.60. The summed E-state index contributed by atoms with van der Waals surface area (Å²) in [5.74, 6) is 0.498. The molecule has 1 aliphatic carbocycles. The van der Waals surface area contributed by atoms with E-state index in [1.165, 1.54) is 38.2 Å². The molecule has 1 saturated heterocycles. The molecule has 1 atom stereocenters. The van der Waals surface area contributed by atoms with E-state index < -0.39 is 11.4 Å². The normalized spacial score (nSPS) is 23.4. The molecule has 0 aromatic carbocycles. The first-order valence-electron chi connectivity index (χ1n) is 12.9. The lowest BCUT2D eigenvalue weighted by Gasteiger charge is -2.32. The first-order chi connectivity index (χ1) is 16.3. The second kappa shape index (κ2) is 13.0. The van der Waals surface area contributed by atoms with Crippen LogP contribution in [0.4, 0.5) is 5.69 Å². The number of hydrogen-bond donors (Lipinski definition) is 0. The minimum absolute atomic E-state index is 0.498. The van der Waals surface area contributed by atoms with Gasteiger partial charge in [0.25, 0.3) is 0 Å². The van der Waals surface area contributed by atoms with Gasteiger partial charge in [-0.3, -0.25) is 4.68 Å². The molecule has 1 aromatic heterocycles. The van der Waals surface area contributed by atoms with Gasteiger partial charge in [-0.15, -0.1) is 0 Å². The van der Waals surface area contributed by atoms with Crippen molar-refractivity contribution >= 4 is 17.0 Å². The Labute approximate surface area is 210 Å². The Morgan fingerprint density at radius 1 is 1.09 bits per heavy atom. The number of piperazine rings is 1. The van der Waals surface area contributed by atoms with Crippen LogP contribution < -0.4 is 4.31 Å². The molecule has 0 radical (unpaired) electrons. The molecule has 34 heavy (non-hydrogen) atoms. The number of nitrogens with zero attached hydrogens (tertiary/aromatic N) is 5. The van der Waals surface area contributed by atoms with E-state index in [0.717, 1.165) is 60.6 Å². The van der Waals surface area contributed by atoms with Crippen LogP contribution in [0.5, 0.6) is 0 Å². The molecule has 6 nitrogen and oxygen atoms in total. The van der Waals surface area contributed by atoms with Gasteiger partial charge in [-0.05, 0) is 77.1 Å². The number of rotatable bonds is 9. The van der Waals surface area contributed by atoms with Gasteiger partial charge in [0.2, 0.25) is 0 Å². The molecule has 0 spiro atoms. The highest BCUT2D eigenvalue weighted by Gasteiger charge is 2.27. The lowest BCUT2D eigenvalue weighted by atomic mass is 10.1. The highest BCUT2D eigenvalue weighted by molar-refractivity contribution is 7.96. The molecule has 3 rings (SSSR count). The van der Waals surface area contributed by atoms with Gasteiger partial charge in [0.05, 0.1) is 18.4 Å². The zero-order chi connectivity index (χ0) is 24.7. The molecule has 7 heteroatoms. The van der Waals surface area contributed by atoms with Crippen molar-refractivity contribution in [2.45, 2.75) is 59.3 Å². The summed E-state index contributed by atoms with van der Waals surface area (Å²) >= 11 is -1.26. The number of allylic oxidation sites excluding steroid dienone is 5. The molecule has 1 aromatic rings. The molecule has 1 unspecified atom stereocenters. The van der Waals surface area contributed by atoms with E-state index in [0.29, 0.717) is 5.92 Å². The summed E-state index contributed by atoms with van der Waals surface area (Å²) in [6.07, 6.45) is 15.1. The molecule has 2 heterocycles. The molecule has 0 bridgehead atoms. The average molecular weight is 488 g/mol. The van der Waals surface area contributed by atoms with Crippen LogP contribution in [0.2, 0.25) is 0 Å². The van der Waals surface area contributed by atoms with Gasteiger partial charge in [0.1, 0.15) is 17.0 Å². The number of likely N-dealkylation sites (N-methyl/N-ethyl adjacent to an activating group) is 1. The zero-order valence-electron chi connectivity index (χ0n) is 22.2. The molecular weight excluding hydrogens is 442 g/mol. The standard InChI is InChI=1S/C27H45N5OS/c1-22(2)21-26-27(23(3)30(5)28-26)31(6)34(33)25-13-9-7-8-11-24(14-15-25)12-10-16-32-19-17-29(4)18-20-32/h11,13-15,22H,7-10,12,16-21H2,1-6H3/b15-14-,24-11+,25-13+. The van der Waals surface area contributed by atoms with Crippen molar-refractivity contribution in [1.82, 2.24) is 19.6 Å². The third kappa shape index (κ3) is 7.48. The summed E-state index contributed by atoms with van der Waals surface area (Å²) < 4.78 is 17.5. The van der Waals surface area contributed by atoms with Crippen molar-refractivity contribution in [3.63, 3.8) is 0 Å². The number of aromatic nitrogens is 2. The maximum absolute atomic E-state index is 13.7. The number of anilines is 1. The maximum Gasteiger partial charge on any atom is 0.176 e. The average Bonchev–Trinajstić information content (AvgIpc) is 3.13. The fourth-order valence-corrected chi connectivity index (χ4v) is 5.87. The molecule has 0 amide bonds. The molecule has 1 fully saturated rings. The summed E-state index contributed by atoms with van der Waals surface area (Å²) in [5.41, 5.74) is 4.47. The van der Waals surface area contributed by atoms with Crippen molar-refractivity contribution < 1.29 is 4.55 Å². The number of hydrogen-bond acceptors (Lipinski definition) is 5. The summed E-state index contributed by atoms with van der Waals surface area (Å²) in [6, 6.07) is 0. The van der Waals surface area contributed by atoms with Crippen molar-refractivity contribution in [2.24, 2.45) is 13.0 Å². The van der Waals surface area contributed by atoms with Crippen LogP contribution in [-0.2, 0) is 24.8 Å². The quantitative estimate of drug-likeness (QED) is 0.476. The highest BCUT2D eigenvalue weighted by Crippen LogP contribution is 2.31. The first-order valence-corrected chi connectivity index (χ1v) is 14.0. The molecule has 1 aliphatic heterocycles. The Kier molecular flexibility index (Phi) is 10.3. The van der Waals surface area contributed by atoms with Gasteiger partial charge >= 0.3 is 0 Å². The largest absolute Gasteiger partial charge is 0.588 e. The van der Waals surface area contributed by atoms with Crippen LogP contribution in [0.15, 0.2) is 34.8 Å². The lowest BCUT2D eigenvalue weighted by molar-refractivity contribution is 0.153. The first kappa shape index (κ1) is 27.1. The smallest absolute Gasteiger partial charge is 0.176 e. The summed E-state index contributed by atoms with van der Waals surface area (Å²) in [4.78, 5) is 5.89. The SMILES string of the molecule is Cc1c(N(C)[S+]([O-])C2=C/CCC/C=C(CCCN3CCN(C)CC3)/C=C\2)c(CC(C)C)nn1C. The van der Waals surface area contributed by atoms with Crippen molar-refractivity contribution in [2.75, 3.05) is 51.1 Å². The van der Waals surface area contributed by atoms with E-state index in [1.807, 2.05) is 23.1 Å². The van der Waals surface area contributed by atoms with E-state index in [1.54, 1.807) is 0 Å². The molecule has 0 N–H and O–H groups in total. The second-order valence-electron chi connectivity index (χ2n) is 10.2. The van der Waals surface area contributed by atoms with Gasteiger partial charge in [0, 0.05) is 33.2 Å². The second-order valence-corrected chi connectivity index (χ2v) is 11.8. The van der Waals surface area contributed by atoms with Crippen LogP contribution in [0.1, 0.15) is 57.3 Å². The van der Waals surface area contributed by atoms with Crippen LogP contribution in [0, 0.1) is 12.8 Å². The van der Waals surface area contributed by atoms with Gasteiger partial charge in [0.15, 0.2) is 4.91 Å². The van der Waals surface area contributed by atoms with E-state index >= 15 is 0 Å². The summed E-state index contributed by atoms with van der Waals surface area (Å²) in [6.45, 7) is 12.3. The molecular formula is C27H45N5OS. The van der Waals surface area contributed by atoms with E-state index in [4.69, 9.17) is 5.10 Å². The number of aryl methyl sites for hydroxylation is 1. The lowest BCUT2D eigenvalue weighted by Crippen LogP contribution is -2.44. The Morgan fingerprint density at radius 2 is 1.79 bits per heavy atom. The van der Waals surface area contributed by atoms with Crippen LogP contribution in [0.25, 0.3) is 0 Å². The van der Waals surface area contributed by atoms with Crippen molar-refractivity contribution in [3.8, 4) is 0 Å². The monoisotopic (exact) mass is 487 g/mol. The highest BCUT2D eigenvalue weighted by atomic mass is 32.2. The van der Waals surface area contributed by atoms with Crippen LogP contribution in [-0.4, -0.2) is 71.0 Å². The Hall–Kier alpha value is -1.54. The fourth-order valence-electron chi connectivity index (χ4n) is 4.71. The van der Waals surface area contributed by atoms with Crippen LogP contribution in [0.3, 0.4) is 0 Å². The third-order valence-corrected chi connectivity index (χ3v) is 8.28.